The molecule has 24 heavy (non-hydrogen) atoms. The molecule has 0 aliphatic carbocycles. The zero-order valence-electron chi connectivity index (χ0n) is 13.8. The van der Waals surface area contributed by atoms with Crippen molar-refractivity contribution in [2.75, 3.05) is 26.9 Å². The van der Waals surface area contributed by atoms with Crippen LogP contribution in [-0.2, 0) is 4.74 Å². The molecule has 0 spiro atoms. The summed E-state index contributed by atoms with van der Waals surface area (Å²) >= 11 is 0. The van der Waals surface area contributed by atoms with Gasteiger partial charge in [0.15, 0.2) is 6.61 Å². The Kier molecular flexibility index (Phi) is 8.39. The number of halogens is 3. The fraction of sp³-hybridized carbons (Fsp3) is 0.562. The van der Waals surface area contributed by atoms with Gasteiger partial charge in [-0.1, -0.05) is 12.1 Å². The molecule has 136 valence electrons. The van der Waals surface area contributed by atoms with Crippen molar-refractivity contribution < 1.29 is 27.4 Å². The molecule has 0 saturated carbocycles. The van der Waals surface area contributed by atoms with E-state index in [2.05, 4.69) is 15.4 Å². The molecule has 5 nitrogen and oxygen atoms in total. The van der Waals surface area contributed by atoms with E-state index in [-0.39, 0.29) is 17.8 Å². The lowest BCUT2D eigenvalue weighted by Crippen LogP contribution is -2.37. The number of urea groups is 1. The minimum absolute atomic E-state index is 0.130. The Balaban J connectivity index is 2.36. The number of alkyl halides is 3. The van der Waals surface area contributed by atoms with Crippen molar-refractivity contribution in [3.63, 3.8) is 0 Å². The van der Waals surface area contributed by atoms with Gasteiger partial charge in [-0.3, -0.25) is 0 Å². The lowest BCUT2D eigenvalue weighted by molar-refractivity contribution is -0.153. The second-order valence-corrected chi connectivity index (χ2v) is 5.29. The highest BCUT2D eigenvalue weighted by Crippen LogP contribution is 2.20. The van der Waals surface area contributed by atoms with E-state index in [4.69, 9.17) is 4.74 Å². The van der Waals surface area contributed by atoms with Crippen LogP contribution in [0.1, 0.15) is 31.4 Å². The van der Waals surface area contributed by atoms with Gasteiger partial charge in [-0.15, -0.1) is 0 Å². The summed E-state index contributed by atoms with van der Waals surface area (Å²) in [6.45, 7) is 1.66. The molecule has 1 unspecified atom stereocenters. The third-order valence-corrected chi connectivity index (χ3v) is 3.19. The Hall–Kier alpha value is -1.96. The zero-order valence-corrected chi connectivity index (χ0v) is 13.8. The van der Waals surface area contributed by atoms with Crippen molar-refractivity contribution in [3.05, 3.63) is 29.8 Å². The molecule has 2 amide bonds. The Morgan fingerprint density at radius 2 is 1.88 bits per heavy atom. The summed E-state index contributed by atoms with van der Waals surface area (Å²) in [4.78, 5) is 11.7. The van der Waals surface area contributed by atoms with Crippen molar-refractivity contribution in [3.8, 4) is 5.75 Å². The molecule has 1 aromatic carbocycles. The number of hydrogen-bond donors (Lipinski definition) is 2. The molecule has 8 heteroatoms. The Morgan fingerprint density at radius 1 is 1.21 bits per heavy atom. The van der Waals surface area contributed by atoms with E-state index in [0.29, 0.717) is 13.2 Å². The van der Waals surface area contributed by atoms with Gasteiger partial charge in [0.25, 0.3) is 0 Å². The SMILES string of the molecule is COCCCCNC(=O)NC(C)c1ccc(OCC(F)(F)F)cc1. The van der Waals surface area contributed by atoms with Crippen molar-refractivity contribution >= 4 is 6.03 Å². The number of methoxy groups -OCH3 is 1. The van der Waals surface area contributed by atoms with E-state index in [0.717, 1.165) is 18.4 Å². The van der Waals surface area contributed by atoms with Crippen molar-refractivity contribution in [1.82, 2.24) is 10.6 Å². The Morgan fingerprint density at radius 3 is 2.46 bits per heavy atom. The Labute approximate surface area is 139 Å². The molecule has 0 heterocycles. The minimum Gasteiger partial charge on any atom is -0.484 e. The first kappa shape index (κ1) is 20.1. The number of carbonyl (C=O) groups excluding carboxylic acids is 1. The van der Waals surface area contributed by atoms with E-state index in [1.165, 1.54) is 12.1 Å². The molecular weight excluding hydrogens is 325 g/mol. The third kappa shape index (κ3) is 8.61. The first-order chi connectivity index (χ1) is 11.3. The van der Waals surface area contributed by atoms with Gasteiger partial charge in [-0.05, 0) is 37.5 Å². The van der Waals surface area contributed by atoms with E-state index in [9.17, 15) is 18.0 Å². The smallest absolute Gasteiger partial charge is 0.422 e. The monoisotopic (exact) mass is 348 g/mol. The maximum atomic E-state index is 12.1. The van der Waals surface area contributed by atoms with Gasteiger partial charge in [0.05, 0.1) is 6.04 Å². The van der Waals surface area contributed by atoms with Crippen molar-refractivity contribution in [1.29, 1.82) is 0 Å². The van der Waals surface area contributed by atoms with E-state index < -0.39 is 12.8 Å². The number of nitrogens with one attached hydrogen (secondary N) is 2. The molecule has 2 N–H and O–H groups in total. The van der Waals surface area contributed by atoms with Gasteiger partial charge in [-0.2, -0.15) is 13.2 Å². The summed E-state index contributed by atoms with van der Waals surface area (Å²) in [6.07, 6.45) is -2.68. The first-order valence-electron chi connectivity index (χ1n) is 7.64. The molecule has 0 saturated heterocycles. The van der Waals surface area contributed by atoms with Gasteiger partial charge in [0, 0.05) is 20.3 Å². The minimum atomic E-state index is -4.37. The summed E-state index contributed by atoms with van der Waals surface area (Å²) in [5, 5.41) is 5.50. The highest BCUT2D eigenvalue weighted by atomic mass is 19.4. The zero-order chi connectivity index (χ0) is 18.0. The second kappa shape index (κ2) is 10.0. The quantitative estimate of drug-likeness (QED) is 0.673. The second-order valence-electron chi connectivity index (χ2n) is 5.29. The highest BCUT2D eigenvalue weighted by Gasteiger charge is 2.28. The fourth-order valence-corrected chi connectivity index (χ4v) is 1.92. The maximum Gasteiger partial charge on any atom is 0.422 e. The maximum absolute atomic E-state index is 12.1. The number of amides is 2. The summed E-state index contributed by atoms with van der Waals surface area (Å²) < 4.78 is 45.8. The van der Waals surface area contributed by atoms with Gasteiger partial charge in [0.2, 0.25) is 0 Å². The van der Waals surface area contributed by atoms with Crippen molar-refractivity contribution in [2.45, 2.75) is 32.0 Å². The summed E-state index contributed by atoms with van der Waals surface area (Å²) in [6, 6.07) is 5.56. The van der Waals surface area contributed by atoms with E-state index in [1.807, 2.05) is 0 Å². The number of carbonyl (C=O) groups is 1. The van der Waals surface area contributed by atoms with Crippen LogP contribution < -0.4 is 15.4 Å². The van der Waals surface area contributed by atoms with Gasteiger partial charge in [-0.25, -0.2) is 4.79 Å². The van der Waals surface area contributed by atoms with Crippen LogP contribution >= 0.6 is 0 Å². The van der Waals surface area contributed by atoms with Crippen molar-refractivity contribution in [2.24, 2.45) is 0 Å². The normalized spacial score (nSPS) is 12.5. The van der Waals surface area contributed by atoms with Crippen LogP contribution in [-0.4, -0.2) is 39.1 Å². The first-order valence-corrected chi connectivity index (χ1v) is 7.64. The largest absolute Gasteiger partial charge is 0.484 e. The molecule has 1 rings (SSSR count). The molecule has 0 radical (unpaired) electrons. The predicted molar refractivity (Wildman–Crippen MR) is 84.1 cm³/mol. The number of ether oxygens (including phenoxy) is 2. The number of benzene rings is 1. The number of hydrogen-bond acceptors (Lipinski definition) is 3. The van der Waals surface area contributed by atoms with Crippen LogP contribution in [0.25, 0.3) is 0 Å². The molecule has 1 aromatic rings. The standard InChI is InChI=1S/C16H23F3N2O3/c1-12(21-15(22)20-9-3-4-10-23-2)13-5-7-14(8-6-13)24-11-16(17,18)19/h5-8,12H,3-4,9-11H2,1-2H3,(H2,20,21,22). The van der Waals surface area contributed by atoms with Crippen LogP contribution in [0.15, 0.2) is 24.3 Å². The highest BCUT2D eigenvalue weighted by molar-refractivity contribution is 5.74. The van der Waals surface area contributed by atoms with Crippen LogP contribution in [0.4, 0.5) is 18.0 Å². The van der Waals surface area contributed by atoms with Crippen LogP contribution in [0, 0.1) is 0 Å². The summed E-state index contributed by atoms with van der Waals surface area (Å²) in [5.74, 6) is 0.130. The summed E-state index contributed by atoms with van der Waals surface area (Å²) in [7, 11) is 1.63. The fourth-order valence-electron chi connectivity index (χ4n) is 1.92. The lowest BCUT2D eigenvalue weighted by atomic mass is 10.1. The Bertz CT molecular complexity index is 492. The van der Waals surface area contributed by atoms with Gasteiger partial charge in [0.1, 0.15) is 5.75 Å². The predicted octanol–water partition coefficient (Wildman–Crippen LogP) is 3.41. The van der Waals surface area contributed by atoms with Gasteiger partial charge < -0.3 is 20.1 Å². The van der Waals surface area contributed by atoms with E-state index in [1.54, 1.807) is 26.2 Å². The van der Waals surface area contributed by atoms with Crippen LogP contribution in [0.3, 0.4) is 0 Å². The average Bonchev–Trinajstić information content (AvgIpc) is 2.52. The molecule has 0 bridgehead atoms. The molecule has 0 aromatic heterocycles. The summed E-state index contributed by atoms with van der Waals surface area (Å²) in [5.41, 5.74) is 0.767. The lowest BCUT2D eigenvalue weighted by Gasteiger charge is -2.16. The number of rotatable bonds is 9. The van der Waals surface area contributed by atoms with Crippen LogP contribution in [0.5, 0.6) is 5.75 Å². The van der Waals surface area contributed by atoms with Gasteiger partial charge >= 0.3 is 12.2 Å². The average molecular weight is 348 g/mol. The molecule has 0 fully saturated rings. The molecule has 1 atom stereocenters. The number of unbranched alkanes of at least 4 members (excludes halogenated alkanes) is 1. The van der Waals surface area contributed by atoms with Crippen LogP contribution in [0.2, 0.25) is 0 Å². The molecule has 0 aliphatic heterocycles. The molecule has 0 aliphatic rings. The third-order valence-electron chi connectivity index (χ3n) is 3.19. The topological polar surface area (TPSA) is 59.6 Å². The molecular formula is C16H23F3N2O3. The van der Waals surface area contributed by atoms with E-state index >= 15 is 0 Å².